The van der Waals surface area contributed by atoms with Crippen LogP contribution in [0, 0.1) is 0 Å². The number of hydrogen-bond acceptors (Lipinski definition) is 5. The van der Waals surface area contributed by atoms with Crippen molar-refractivity contribution >= 4 is 11.9 Å². The average molecular weight is 273 g/mol. The van der Waals surface area contributed by atoms with Crippen LogP contribution in [0.2, 0.25) is 0 Å². The largest absolute Gasteiger partial charge is 0.545 e. The van der Waals surface area contributed by atoms with Crippen molar-refractivity contribution in [3.63, 3.8) is 0 Å². The minimum atomic E-state index is -1.63. The fourth-order valence-corrected chi connectivity index (χ4v) is 0.733. The summed E-state index contributed by atoms with van der Waals surface area (Å²) in [4.78, 5) is 23.9. The van der Waals surface area contributed by atoms with Crippen LogP contribution in [0.3, 0.4) is 0 Å². The molecule has 13 heavy (non-hydrogen) atoms. The van der Waals surface area contributed by atoms with E-state index in [9.17, 15) is 19.8 Å². The van der Waals surface area contributed by atoms with Crippen molar-refractivity contribution in [1.82, 2.24) is 4.98 Å². The summed E-state index contributed by atoms with van der Waals surface area (Å²) in [5.74, 6) is -3.21. The summed E-state index contributed by atoms with van der Waals surface area (Å²) in [6.07, 6.45) is 1.16. The average Bonchev–Trinajstić information content (AvgIpc) is 2.04. The van der Waals surface area contributed by atoms with Crippen LogP contribution in [0.4, 0.5) is 0 Å². The van der Waals surface area contributed by atoms with Crippen molar-refractivity contribution in [2.75, 3.05) is 0 Å². The van der Waals surface area contributed by atoms with Gasteiger partial charge in [-0.25, -0.2) is 0 Å². The Balaban J connectivity index is 0.00000144. The van der Waals surface area contributed by atoms with Crippen LogP contribution in [0.1, 0.15) is 20.8 Å². The van der Waals surface area contributed by atoms with Gasteiger partial charge in [-0.1, -0.05) is 0 Å². The molecular weight excluding hydrogens is 270 g/mol. The maximum Gasteiger partial charge on any atom is 0.0947 e. The van der Waals surface area contributed by atoms with Crippen LogP contribution in [0.25, 0.3) is 0 Å². The van der Waals surface area contributed by atoms with Gasteiger partial charge < -0.3 is 19.8 Å². The summed E-state index contributed by atoms with van der Waals surface area (Å²) < 4.78 is 0. The van der Waals surface area contributed by atoms with Crippen LogP contribution in [0.15, 0.2) is 18.3 Å². The second-order valence-corrected chi connectivity index (χ2v) is 1.97. The maximum atomic E-state index is 10.3. The number of carbonyl (C=O) groups is 2. The van der Waals surface area contributed by atoms with Crippen molar-refractivity contribution in [2.24, 2.45) is 0 Å². The van der Waals surface area contributed by atoms with E-state index in [1.54, 1.807) is 0 Å². The molecule has 1 heterocycles. The normalized spacial score (nSPS) is 8.62. The molecule has 0 aliphatic heterocycles. The number of pyridine rings is 1. The Morgan fingerprint density at radius 2 is 1.85 bits per heavy atom. The molecule has 0 aromatic carbocycles. The predicted molar refractivity (Wildman–Crippen MR) is 32.9 cm³/mol. The standard InChI is InChI=1S/C7H5NO4.Ag/c9-6(10)4-2-1-3-8-5(4)7(11)12;/h1-3H,(H,9,10)(H,11,12);/p-2. The topological polar surface area (TPSA) is 93.2 Å². The summed E-state index contributed by atoms with van der Waals surface area (Å²) in [6.45, 7) is 0. The van der Waals surface area contributed by atoms with Gasteiger partial charge in [0, 0.05) is 34.1 Å². The number of rotatable bonds is 2. The van der Waals surface area contributed by atoms with Gasteiger partial charge >= 0.3 is 0 Å². The molecule has 0 amide bonds. The van der Waals surface area contributed by atoms with Gasteiger partial charge in [-0.3, -0.25) is 4.98 Å². The molecule has 0 bridgehead atoms. The van der Waals surface area contributed by atoms with Crippen LogP contribution in [-0.2, 0) is 22.4 Å². The Morgan fingerprint density at radius 1 is 1.23 bits per heavy atom. The summed E-state index contributed by atoms with van der Waals surface area (Å²) in [5, 5.41) is 20.5. The molecule has 0 aliphatic rings. The molecule has 73 valence electrons. The Kier molecular flexibility index (Phi) is 4.33. The molecule has 1 radical (unpaired) electrons. The van der Waals surface area contributed by atoms with Gasteiger partial charge in [0.05, 0.1) is 17.6 Å². The van der Waals surface area contributed by atoms with Crippen molar-refractivity contribution in [1.29, 1.82) is 0 Å². The number of carbonyl (C=O) groups excluding carboxylic acids is 2. The SMILES string of the molecule is O=C([O-])c1cccnc1C(=O)[O-].[Ag]. The van der Waals surface area contributed by atoms with Gasteiger partial charge in [0.1, 0.15) is 0 Å². The van der Waals surface area contributed by atoms with E-state index in [2.05, 4.69) is 4.98 Å². The van der Waals surface area contributed by atoms with E-state index in [1.807, 2.05) is 0 Å². The third-order valence-electron chi connectivity index (χ3n) is 1.22. The number of carboxylic acid groups (broad SMARTS) is 2. The first-order chi connectivity index (χ1) is 5.63. The second-order valence-electron chi connectivity index (χ2n) is 1.97. The minimum Gasteiger partial charge on any atom is -0.545 e. The molecule has 1 aromatic rings. The molecule has 0 saturated carbocycles. The van der Waals surface area contributed by atoms with Crippen molar-refractivity contribution < 1.29 is 42.2 Å². The zero-order chi connectivity index (χ0) is 9.14. The monoisotopic (exact) mass is 272 g/mol. The molecular formula is C7H3AgNO4-2. The van der Waals surface area contributed by atoms with Crippen LogP contribution < -0.4 is 10.2 Å². The smallest absolute Gasteiger partial charge is 0.0947 e. The molecule has 1 rings (SSSR count). The van der Waals surface area contributed by atoms with Gasteiger partial charge in [0.25, 0.3) is 0 Å². The molecule has 0 atom stereocenters. The van der Waals surface area contributed by atoms with Gasteiger partial charge in [-0.2, -0.15) is 0 Å². The van der Waals surface area contributed by atoms with Crippen molar-refractivity contribution in [2.45, 2.75) is 0 Å². The number of aromatic nitrogens is 1. The first-order valence-corrected chi connectivity index (χ1v) is 3.00. The summed E-state index contributed by atoms with van der Waals surface area (Å²) in [6, 6.07) is 2.39. The second kappa shape index (κ2) is 4.76. The number of carboxylic acids is 2. The third kappa shape index (κ3) is 2.66. The Bertz CT molecular complexity index is 306. The molecule has 1 aromatic heterocycles. The molecule has 0 N–H and O–H groups in total. The van der Waals surface area contributed by atoms with E-state index in [-0.39, 0.29) is 22.4 Å². The van der Waals surface area contributed by atoms with E-state index in [0.717, 1.165) is 12.3 Å². The summed E-state index contributed by atoms with van der Waals surface area (Å²) >= 11 is 0. The van der Waals surface area contributed by atoms with Crippen molar-refractivity contribution in [3.8, 4) is 0 Å². The summed E-state index contributed by atoms with van der Waals surface area (Å²) in [7, 11) is 0. The van der Waals surface area contributed by atoms with Crippen molar-refractivity contribution in [3.05, 3.63) is 29.6 Å². The molecule has 0 unspecified atom stereocenters. The zero-order valence-corrected chi connectivity index (χ0v) is 7.60. The molecule has 6 heteroatoms. The first-order valence-electron chi connectivity index (χ1n) is 3.00. The van der Waals surface area contributed by atoms with Gasteiger partial charge in [-0.15, -0.1) is 0 Å². The van der Waals surface area contributed by atoms with E-state index in [1.165, 1.54) is 6.07 Å². The quantitative estimate of drug-likeness (QED) is 0.570. The Hall–Kier alpha value is -1.17. The van der Waals surface area contributed by atoms with E-state index in [4.69, 9.17) is 0 Å². The molecule has 0 spiro atoms. The van der Waals surface area contributed by atoms with Crippen LogP contribution >= 0.6 is 0 Å². The minimum absolute atomic E-state index is 0. The van der Waals surface area contributed by atoms with E-state index in [0.29, 0.717) is 0 Å². The fraction of sp³-hybridized carbons (Fsp3) is 0. The zero-order valence-electron chi connectivity index (χ0n) is 6.11. The number of nitrogens with zero attached hydrogens (tertiary/aromatic N) is 1. The molecule has 0 aliphatic carbocycles. The first kappa shape index (κ1) is 11.8. The number of hydrogen-bond donors (Lipinski definition) is 0. The molecule has 5 nitrogen and oxygen atoms in total. The Labute approximate surface area is 88.9 Å². The van der Waals surface area contributed by atoms with Crippen LogP contribution in [0.5, 0.6) is 0 Å². The van der Waals surface area contributed by atoms with E-state index >= 15 is 0 Å². The third-order valence-corrected chi connectivity index (χ3v) is 1.22. The van der Waals surface area contributed by atoms with Crippen LogP contribution in [-0.4, -0.2) is 16.9 Å². The fourth-order valence-electron chi connectivity index (χ4n) is 0.733. The Morgan fingerprint density at radius 3 is 2.23 bits per heavy atom. The van der Waals surface area contributed by atoms with E-state index < -0.39 is 23.2 Å². The number of aromatic carboxylic acids is 2. The summed E-state index contributed by atoms with van der Waals surface area (Å²) in [5.41, 5.74) is -1.09. The molecule has 0 fully saturated rings. The maximum absolute atomic E-state index is 10.3. The molecule has 0 saturated heterocycles. The van der Waals surface area contributed by atoms with Gasteiger partial charge in [0.2, 0.25) is 0 Å². The van der Waals surface area contributed by atoms with Gasteiger partial charge in [-0.05, 0) is 12.1 Å². The van der Waals surface area contributed by atoms with Gasteiger partial charge in [0.15, 0.2) is 0 Å². The predicted octanol–water partition coefficient (Wildman–Crippen LogP) is -2.19.